The number of hydrogen-bond acceptors (Lipinski definition) is 6. The van der Waals surface area contributed by atoms with Crippen molar-refractivity contribution in [3.63, 3.8) is 0 Å². The molecule has 1 N–H and O–H groups in total. The van der Waals surface area contributed by atoms with Crippen molar-refractivity contribution in [3.8, 4) is 28.6 Å². The molecule has 0 radical (unpaired) electrons. The van der Waals surface area contributed by atoms with E-state index in [9.17, 15) is 14.0 Å². The largest absolute Gasteiger partial charge is 0.497 e. The fourth-order valence-corrected chi connectivity index (χ4v) is 2.99. The van der Waals surface area contributed by atoms with E-state index in [0.717, 1.165) is 11.1 Å². The Bertz CT molecular complexity index is 1280. The van der Waals surface area contributed by atoms with Crippen LogP contribution in [0.1, 0.15) is 5.56 Å². The maximum Gasteiger partial charge on any atom is 0.259 e. The van der Waals surface area contributed by atoms with E-state index in [4.69, 9.17) is 9.26 Å². The molecule has 0 fully saturated rings. The fraction of sp³-hybridized carbons (Fsp3) is 0.130. The maximum atomic E-state index is 13.0. The summed E-state index contributed by atoms with van der Waals surface area (Å²) in [6.45, 7) is 0.0375. The lowest BCUT2D eigenvalue weighted by molar-refractivity contribution is -0.121. The van der Waals surface area contributed by atoms with Gasteiger partial charge in [-0.3, -0.25) is 9.59 Å². The zero-order valence-electron chi connectivity index (χ0n) is 17.1. The number of halogens is 1. The first-order valence-electron chi connectivity index (χ1n) is 9.72. The van der Waals surface area contributed by atoms with E-state index in [-0.39, 0.29) is 36.3 Å². The summed E-state index contributed by atoms with van der Waals surface area (Å²) in [5.41, 5.74) is 1.65. The minimum absolute atomic E-state index is 0.187. The predicted molar refractivity (Wildman–Crippen MR) is 114 cm³/mol. The fourth-order valence-electron chi connectivity index (χ4n) is 2.99. The summed E-state index contributed by atoms with van der Waals surface area (Å²) in [6.07, 6.45) is 1.49. The van der Waals surface area contributed by atoms with Gasteiger partial charge < -0.3 is 19.1 Å². The second-order valence-electron chi connectivity index (χ2n) is 6.94. The number of pyridine rings is 1. The van der Waals surface area contributed by atoms with Gasteiger partial charge in [-0.05, 0) is 48.0 Å². The van der Waals surface area contributed by atoms with Crippen molar-refractivity contribution in [2.45, 2.75) is 13.1 Å². The number of benzene rings is 2. The van der Waals surface area contributed by atoms with Crippen LogP contribution in [0.25, 0.3) is 22.8 Å². The van der Waals surface area contributed by atoms with Crippen molar-refractivity contribution in [2.24, 2.45) is 0 Å². The van der Waals surface area contributed by atoms with Gasteiger partial charge in [-0.25, -0.2) is 4.39 Å². The smallest absolute Gasteiger partial charge is 0.259 e. The van der Waals surface area contributed by atoms with Gasteiger partial charge in [-0.2, -0.15) is 4.98 Å². The molecule has 2 aromatic carbocycles. The quantitative estimate of drug-likeness (QED) is 0.480. The Balaban J connectivity index is 1.46. The number of amides is 1. The summed E-state index contributed by atoms with van der Waals surface area (Å²) in [5, 5.41) is 6.69. The highest BCUT2D eigenvalue weighted by Gasteiger charge is 2.13. The lowest BCUT2D eigenvalue weighted by Crippen LogP contribution is -2.31. The molecule has 0 unspecified atom stereocenters. The Kier molecular flexibility index (Phi) is 6.07. The summed E-state index contributed by atoms with van der Waals surface area (Å²) >= 11 is 0. The van der Waals surface area contributed by atoms with E-state index in [1.54, 1.807) is 49.6 Å². The van der Waals surface area contributed by atoms with Crippen molar-refractivity contribution in [1.82, 2.24) is 20.0 Å². The van der Waals surface area contributed by atoms with Gasteiger partial charge in [0.2, 0.25) is 11.7 Å². The molecule has 32 heavy (non-hydrogen) atoms. The minimum Gasteiger partial charge on any atom is -0.497 e. The molecule has 9 heteroatoms. The summed E-state index contributed by atoms with van der Waals surface area (Å²) in [4.78, 5) is 28.9. The highest BCUT2D eigenvalue weighted by molar-refractivity contribution is 5.75. The average Bonchev–Trinajstić information content (AvgIpc) is 3.30. The maximum absolute atomic E-state index is 13.0. The number of hydrogen-bond donors (Lipinski definition) is 1. The molecular formula is C23H19FN4O4. The molecule has 0 spiro atoms. The van der Waals surface area contributed by atoms with E-state index >= 15 is 0 Å². The first-order valence-corrected chi connectivity index (χ1v) is 9.72. The van der Waals surface area contributed by atoms with E-state index in [2.05, 4.69) is 15.5 Å². The molecule has 8 nitrogen and oxygen atoms in total. The number of nitrogens with zero attached hydrogens (tertiary/aromatic N) is 3. The Hall–Kier alpha value is -4.27. The molecule has 0 aliphatic carbocycles. The first-order chi connectivity index (χ1) is 15.5. The van der Waals surface area contributed by atoms with E-state index < -0.39 is 0 Å². The molecule has 0 aliphatic heterocycles. The molecule has 0 saturated carbocycles. The van der Waals surface area contributed by atoms with Crippen LogP contribution >= 0.6 is 0 Å². The molecule has 0 saturated heterocycles. The van der Waals surface area contributed by atoms with Crippen LogP contribution in [0.4, 0.5) is 4.39 Å². The van der Waals surface area contributed by atoms with Crippen molar-refractivity contribution in [2.75, 3.05) is 7.11 Å². The topological polar surface area (TPSA) is 99.3 Å². The Morgan fingerprint density at radius 1 is 1.06 bits per heavy atom. The van der Waals surface area contributed by atoms with Gasteiger partial charge in [-0.1, -0.05) is 17.3 Å². The van der Waals surface area contributed by atoms with Crippen LogP contribution in [0, 0.1) is 5.82 Å². The van der Waals surface area contributed by atoms with Crippen LogP contribution in [0.2, 0.25) is 0 Å². The molecule has 1 amide bonds. The standard InChI is InChI=1S/C23H19FN4O4/c1-31-19-9-4-16(5-10-19)22-26-23(32-27-22)17-6-11-21(30)28(13-17)14-20(29)25-12-15-2-7-18(24)8-3-15/h2-11,13H,12,14H2,1H3,(H,25,29). The van der Waals surface area contributed by atoms with Gasteiger partial charge in [-0.15, -0.1) is 0 Å². The van der Waals surface area contributed by atoms with Crippen molar-refractivity contribution in [1.29, 1.82) is 0 Å². The van der Waals surface area contributed by atoms with Gasteiger partial charge >= 0.3 is 0 Å². The zero-order chi connectivity index (χ0) is 22.5. The summed E-state index contributed by atoms with van der Waals surface area (Å²) in [7, 11) is 1.58. The highest BCUT2D eigenvalue weighted by atomic mass is 19.1. The number of ether oxygens (including phenoxy) is 1. The average molecular weight is 434 g/mol. The van der Waals surface area contributed by atoms with E-state index in [0.29, 0.717) is 17.1 Å². The molecule has 162 valence electrons. The SMILES string of the molecule is COc1ccc(-c2noc(-c3ccc(=O)n(CC(=O)NCc4ccc(F)cc4)c3)n2)cc1. The number of nitrogens with one attached hydrogen (secondary N) is 1. The third kappa shape index (κ3) is 4.89. The van der Waals surface area contributed by atoms with Crippen LogP contribution in [0.15, 0.2) is 76.2 Å². The molecule has 4 aromatic rings. The van der Waals surface area contributed by atoms with E-state index in [1.807, 2.05) is 0 Å². The number of carbonyl (C=O) groups excluding carboxylic acids is 1. The molecule has 4 rings (SSSR count). The van der Waals surface area contributed by atoms with Gasteiger partial charge in [0, 0.05) is 24.4 Å². The molecule has 0 atom stereocenters. The molecule has 0 aliphatic rings. The van der Waals surface area contributed by atoms with E-state index in [1.165, 1.54) is 29.0 Å². The molecule has 2 heterocycles. The third-order valence-corrected chi connectivity index (χ3v) is 4.72. The van der Waals surface area contributed by atoms with Gasteiger partial charge in [0.1, 0.15) is 18.1 Å². The van der Waals surface area contributed by atoms with Gasteiger partial charge in [0.05, 0.1) is 12.7 Å². The predicted octanol–water partition coefficient (Wildman–Crippen LogP) is 3.03. The van der Waals surface area contributed by atoms with Crippen molar-refractivity contribution in [3.05, 3.63) is 88.6 Å². The second-order valence-corrected chi connectivity index (χ2v) is 6.94. The Morgan fingerprint density at radius 3 is 2.50 bits per heavy atom. The van der Waals surface area contributed by atoms with Crippen LogP contribution < -0.4 is 15.6 Å². The van der Waals surface area contributed by atoms with Crippen LogP contribution in [0.3, 0.4) is 0 Å². The number of carbonyl (C=O) groups is 1. The number of rotatable bonds is 7. The van der Waals surface area contributed by atoms with Crippen LogP contribution in [-0.2, 0) is 17.9 Å². The van der Waals surface area contributed by atoms with Crippen LogP contribution in [0.5, 0.6) is 5.75 Å². The lowest BCUT2D eigenvalue weighted by Gasteiger charge is -2.08. The third-order valence-electron chi connectivity index (χ3n) is 4.72. The van der Waals surface area contributed by atoms with Gasteiger partial charge in [0.25, 0.3) is 11.4 Å². The molecule has 0 bridgehead atoms. The number of aromatic nitrogens is 3. The zero-order valence-corrected chi connectivity index (χ0v) is 17.1. The second kappa shape index (κ2) is 9.25. The first kappa shape index (κ1) is 21.0. The lowest BCUT2D eigenvalue weighted by atomic mass is 10.2. The molecular weight excluding hydrogens is 415 g/mol. The summed E-state index contributed by atoms with van der Waals surface area (Å²) in [6, 6.07) is 15.9. The van der Waals surface area contributed by atoms with Gasteiger partial charge in [0.15, 0.2) is 0 Å². The molecule has 2 aromatic heterocycles. The van der Waals surface area contributed by atoms with Crippen molar-refractivity contribution < 1.29 is 18.4 Å². The Morgan fingerprint density at radius 2 is 1.78 bits per heavy atom. The number of methoxy groups -OCH3 is 1. The van der Waals surface area contributed by atoms with Crippen LogP contribution in [-0.4, -0.2) is 27.7 Å². The summed E-state index contributed by atoms with van der Waals surface area (Å²) < 4.78 is 24.7. The normalized spacial score (nSPS) is 10.7. The Labute approximate surface area is 182 Å². The minimum atomic E-state index is -0.363. The summed E-state index contributed by atoms with van der Waals surface area (Å²) in [5.74, 6) is 0.605. The van der Waals surface area contributed by atoms with Crippen molar-refractivity contribution >= 4 is 5.91 Å². The highest BCUT2D eigenvalue weighted by Crippen LogP contribution is 2.23. The monoisotopic (exact) mass is 434 g/mol.